The first kappa shape index (κ1) is 20.1. The lowest BCUT2D eigenvalue weighted by Gasteiger charge is -2.21. The van der Waals surface area contributed by atoms with Crippen LogP contribution in [-0.4, -0.2) is 31.7 Å². The molecule has 0 heterocycles. The number of benzene rings is 2. The molecule has 0 radical (unpaired) electrons. The lowest BCUT2D eigenvalue weighted by atomic mass is 10.1. The summed E-state index contributed by atoms with van der Waals surface area (Å²) in [7, 11) is -3.70. The van der Waals surface area contributed by atoms with Crippen LogP contribution in [-0.2, 0) is 10.0 Å². The van der Waals surface area contributed by atoms with E-state index in [1.54, 1.807) is 39.8 Å². The Labute approximate surface area is 153 Å². The van der Waals surface area contributed by atoms with Crippen LogP contribution in [0, 0.1) is 19.7 Å². The number of halogens is 1. The second-order valence-electron chi connectivity index (χ2n) is 5.97. The molecule has 0 unspecified atom stereocenters. The SMILES string of the molecule is CCN(CC)S(=O)(=O)c1cc(C(=O)Nc2cccc(F)c2)cc(C)c1C. The van der Waals surface area contributed by atoms with Gasteiger partial charge in [-0.2, -0.15) is 4.31 Å². The maximum Gasteiger partial charge on any atom is 0.255 e. The van der Waals surface area contributed by atoms with Gasteiger partial charge in [0.1, 0.15) is 5.82 Å². The summed E-state index contributed by atoms with van der Waals surface area (Å²) in [5.41, 5.74) is 1.83. The van der Waals surface area contributed by atoms with Gasteiger partial charge in [0.2, 0.25) is 10.0 Å². The predicted octanol–water partition coefficient (Wildman–Crippen LogP) is 3.73. The van der Waals surface area contributed by atoms with E-state index in [1.807, 2.05) is 0 Å². The highest BCUT2D eigenvalue weighted by Gasteiger charge is 2.25. The number of aryl methyl sites for hydroxylation is 1. The summed E-state index contributed by atoms with van der Waals surface area (Å²) in [4.78, 5) is 12.7. The summed E-state index contributed by atoms with van der Waals surface area (Å²) < 4.78 is 40.4. The number of carbonyl (C=O) groups excluding carboxylic acids is 1. The molecule has 1 N–H and O–H groups in total. The number of hydrogen-bond acceptors (Lipinski definition) is 3. The number of hydrogen-bond donors (Lipinski definition) is 1. The minimum atomic E-state index is -3.70. The summed E-state index contributed by atoms with van der Waals surface area (Å²) in [6, 6.07) is 8.54. The Balaban J connectivity index is 2.46. The van der Waals surface area contributed by atoms with Gasteiger partial charge in [-0.25, -0.2) is 12.8 Å². The van der Waals surface area contributed by atoms with Gasteiger partial charge in [-0.3, -0.25) is 4.79 Å². The van der Waals surface area contributed by atoms with Gasteiger partial charge in [0.05, 0.1) is 4.90 Å². The third kappa shape index (κ3) is 4.11. The van der Waals surface area contributed by atoms with Crippen LogP contribution in [0.5, 0.6) is 0 Å². The van der Waals surface area contributed by atoms with Crippen LogP contribution in [0.25, 0.3) is 0 Å². The monoisotopic (exact) mass is 378 g/mol. The van der Waals surface area contributed by atoms with Crippen LogP contribution in [0.4, 0.5) is 10.1 Å². The van der Waals surface area contributed by atoms with Gasteiger partial charge < -0.3 is 5.32 Å². The Morgan fingerprint density at radius 3 is 2.35 bits per heavy atom. The van der Waals surface area contributed by atoms with E-state index >= 15 is 0 Å². The van der Waals surface area contributed by atoms with E-state index in [1.165, 1.54) is 28.6 Å². The molecule has 7 heteroatoms. The molecule has 0 bridgehead atoms. The molecule has 1 amide bonds. The van der Waals surface area contributed by atoms with Crippen LogP contribution in [0.15, 0.2) is 41.3 Å². The number of nitrogens with zero attached hydrogens (tertiary/aromatic N) is 1. The lowest BCUT2D eigenvalue weighted by molar-refractivity contribution is 0.102. The minimum Gasteiger partial charge on any atom is -0.322 e. The van der Waals surface area contributed by atoms with Crippen molar-refractivity contribution >= 4 is 21.6 Å². The van der Waals surface area contributed by atoms with Crippen molar-refractivity contribution in [1.29, 1.82) is 0 Å². The number of sulfonamides is 1. The van der Waals surface area contributed by atoms with Crippen molar-refractivity contribution in [2.45, 2.75) is 32.6 Å². The van der Waals surface area contributed by atoms with Crippen molar-refractivity contribution in [1.82, 2.24) is 4.31 Å². The molecule has 0 fully saturated rings. The van der Waals surface area contributed by atoms with Crippen LogP contribution in [0.1, 0.15) is 35.3 Å². The quantitative estimate of drug-likeness (QED) is 0.833. The van der Waals surface area contributed by atoms with Crippen LogP contribution in [0.2, 0.25) is 0 Å². The van der Waals surface area contributed by atoms with E-state index in [4.69, 9.17) is 0 Å². The van der Waals surface area contributed by atoms with Crippen LogP contribution in [0.3, 0.4) is 0 Å². The van der Waals surface area contributed by atoms with E-state index in [9.17, 15) is 17.6 Å². The zero-order valence-electron chi connectivity index (χ0n) is 15.3. The molecule has 2 rings (SSSR count). The molecule has 26 heavy (non-hydrogen) atoms. The summed E-state index contributed by atoms with van der Waals surface area (Å²) in [6.45, 7) is 7.71. The molecular formula is C19H23FN2O3S. The second-order valence-corrected chi connectivity index (χ2v) is 7.88. The number of amides is 1. The first-order valence-corrected chi connectivity index (χ1v) is 9.83. The zero-order valence-corrected chi connectivity index (χ0v) is 16.2. The van der Waals surface area contributed by atoms with Gasteiger partial charge in [-0.1, -0.05) is 19.9 Å². The normalized spacial score (nSPS) is 11.6. The minimum absolute atomic E-state index is 0.116. The van der Waals surface area contributed by atoms with E-state index < -0.39 is 21.7 Å². The molecular weight excluding hydrogens is 355 g/mol. The largest absolute Gasteiger partial charge is 0.322 e. The maximum absolute atomic E-state index is 13.3. The fourth-order valence-corrected chi connectivity index (χ4v) is 4.48. The fourth-order valence-electron chi connectivity index (χ4n) is 2.70. The molecule has 0 aromatic heterocycles. The Bertz CT molecular complexity index is 922. The molecule has 2 aromatic rings. The number of carbonyl (C=O) groups is 1. The third-order valence-corrected chi connectivity index (χ3v) is 6.46. The molecule has 0 spiro atoms. The van der Waals surface area contributed by atoms with Gasteiger partial charge in [-0.15, -0.1) is 0 Å². The van der Waals surface area contributed by atoms with E-state index in [2.05, 4.69) is 5.32 Å². The molecule has 0 saturated carbocycles. The Hall–Kier alpha value is -2.25. The summed E-state index contributed by atoms with van der Waals surface area (Å²) >= 11 is 0. The highest BCUT2D eigenvalue weighted by molar-refractivity contribution is 7.89. The third-order valence-electron chi connectivity index (χ3n) is 4.29. The molecule has 0 atom stereocenters. The first-order chi connectivity index (χ1) is 12.2. The van der Waals surface area contributed by atoms with Crippen LogP contribution < -0.4 is 5.32 Å². The van der Waals surface area contributed by atoms with Crippen molar-refractivity contribution in [3.05, 3.63) is 58.9 Å². The Kier molecular flexibility index (Phi) is 6.15. The maximum atomic E-state index is 13.3. The fraction of sp³-hybridized carbons (Fsp3) is 0.316. The highest BCUT2D eigenvalue weighted by atomic mass is 32.2. The second kappa shape index (κ2) is 7.97. The summed E-state index contributed by atoms with van der Waals surface area (Å²) in [5, 5.41) is 2.59. The van der Waals surface area contributed by atoms with E-state index in [0.717, 1.165) is 0 Å². The standard InChI is InChI=1S/C19H23FN2O3S/c1-5-22(6-2)26(24,25)18-11-15(10-13(3)14(18)4)19(23)21-17-9-7-8-16(20)12-17/h7-12H,5-6H2,1-4H3,(H,21,23). The molecule has 0 aliphatic rings. The summed E-state index contributed by atoms with van der Waals surface area (Å²) in [5.74, 6) is -0.956. The summed E-state index contributed by atoms with van der Waals surface area (Å²) in [6.07, 6.45) is 0. The van der Waals surface area contributed by atoms with Gasteiger partial charge in [0.15, 0.2) is 0 Å². The molecule has 2 aromatic carbocycles. The van der Waals surface area contributed by atoms with Crippen molar-refractivity contribution in [3.63, 3.8) is 0 Å². The lowest BCUT2D eigenvalue weighted by Crippen LogP contribution is -2.31. The average molecular weight is 378 g/mol. The highest BCUT2D eigenvalue weighted by Crippen LogP contribution is 2.25. The zero-order chi connectivity index (χ0) is 19.5. The van der Waals surface area contributed by atoms with Crippen LogP contribution >= 0.6 is 0 Å². The Morgan fingerprint density at radius 1 is 1.12 bits per heavy atom. The van der Waals surface area contributed by atoms with E-state index in [0.29, 0.717) is 29.9 Å². The van der Waals surface area contributed by atoms with Gasteiger partial charge in [0, 0.05) is 24.3 Å². The molecule has 0 aliphatic heterocycles. The van der Waals surface area contributed by atoms with Crippen molar-refractivity contribution in [3.8, 4) is 0 Å². The van der Waals surface area contributed by atoms with Crippen molar-refractivity contribution in [2.24, 2.45) is 0 Å². The number of nitrogens with one attached hydrogen (secondary N) is 1. The molecule has 5 nitrogen and oxygen atoms in total. The number of rotatable bonds is 6. The number of anilines is 1. The molecule has 140 valence electrons. The van der Waals surface area contributed by atoms with Gasteiger partial charge in [-0.05, 0) is 55.3 Å². The van der Waals surface area contributed by atoms with E-state index in [-0.39, 0.29) is 10.5 Å². The Morgan fingerprint density at radius 2 is 1.77 bits per heavy atom. The van der Waals surface area contributed by atoms with Gasteiger partial charge in [0.25, 0.3) is 5.91 Å². The average Bonchev–Trinajstić information content (AvgIpc) is 2.57. The predicted molar refractivity (Wildman–Crippen MR) is 100 cm³/mol. The first-order valence-electron chi connectivity index (χ1n) is 8.39. The van der Waals surface area contributed by atoms with Crippen molar-refractivity contribution < 1.29 is 17.6 Å². The smallest absolute Gasteiger partial charge is 0.255 e. The van der Waals surface area contributed by atoms with Crippen molar-refractivity contribution in [2.75, 3.05) is 18.4 Å². The molecule has 0 saturated heterocycles. The molecule has 0 aliphatic carbocycles. The van der Waals surface area contributed by atoms with Gasteiger partial charge >= 0.3 is 0 Å². The topological polar surface area (TPSA) is 66.5 Å².